The van der Waals surface area contributed by atoms with Crippen LogP contribution < -0.4 is 0 Å². The standard InChI is InChI=1S/C16H25NO3Si/c1-4-18-21(19-5-2,20-15(3)11-13-17)14-12-16-9-7-6-8-10-16/h6-10,15H,4-5,11-12,14H2,1-3H3. The molecule has 0 heterocycles. The van der Waals surface area contributed by atoms with E-state index in [1.807, 2.05) is 39.0 Å². The van der Waals surface area contributed by atoms with Crippen molar-refractivity contribution in [1.29, 1.82) is 5.26 Å². The smallest absolute Gasteiger partial charge is 0.374 e. The number of hydrogen-bond acceptors (Lipinski definition) is 4. The maximum absolute atomic E-state index is 8.81. The van der Waals surface area contributed by atoms with Gasteiger partial charge in [0.15, 0.2) is 0 Å². The summed E-state index contributed by atoms with van der Waals surface area (Å²) in [6, 6.07) is 13.1. The SMILES string of the molecule is CCO[Si](CCc1ccccc1)(OCC)OC(C)CC#N. The normalized spacial score (nSPS) is 12.9. The number of benzene rings is 1. The van der Waals surface area contributed by atoms with Crippen LogP contribution in [0.5, 0.6) is 0 Å². The summed E-state index contributed by atoms with van der Waals surface area (Å²) < 4.78 is 17.8. The average molecular weight is 307 g/mol. The van der Waals surface area contributed by atoms with Crippen molar-refractivity contribution in [2.75, 3.05) is 13.2 Å². The predicted octanol–water partition coefficient (Wildman–Crippen LogP) is 3.56. The Kier molecular flexibility index (Phi) is 8.24. The van der Waals surface area contributed by atoms with Gasteiger partial charge in [-0.25, -0.2) is 0 Å². The highest BCUT2D eigenvalue weighted by Gasteiger charge is 2.41. The molecule has 5 heteroatoms. The first-order valence-corrected chi connectivity index (χ1v) is 9.45. The van der Waals surface area contributed by atoms with Crippen molar-refractivity contribution in [3.8, 4) is 6.07 Å². The third-order valence-corrected chi connectivity index (χ3v) is 6.13. The van der Waals surface area contributed by atoms with Gasteiger partial charge in [0.2, 0.25) is 0 Å². The molecule has 0 bridgehead atoms. The highest BCUT2D eigenvalue weighted by atomic mass is 28.4. The van der Waals surface area contributed by atoms with Crippen molar-refractivity contribution in [3.63, 3.8) is 0 Å². The summed E-state index contributed by atoms with van der Waals surface area (Å²) in [5.41, 5.74) is 1.24. The Morgan fingerprint density at radius 1 is 1.14 bits per heavy atom. The molecular formula is C16H25NO3Si. The Morgan fingerprint density at radius 2 is 1.76 bits per heavy atom. The van der Waals surface area contributed by atoms with Crippen LogP contribution in [0.25, 0.3) is 0 Å². The lowest BCUT2D eigenvalue weighted by Crippen LogP contribution is -2.48. The van der Waals surface area contributed by atoms with Gasteiger partial charge < -0.3 is 13.3 Å². The van der Waals surface area contributed by atoms with E-state index in [0.29, 0.717) is 19.6 Å². The second-order valence-corrected chi connectivity index (χ2v) is 7.50. The van der Waals surface area contributed by atoms with Crippen molar-refractivity contribution in [1.82, 2.24) is 0 Å². The van der Waals surface area contributed by atoms with Crippen LogP contribution in [0.2, 0.25) is 6.04 Å². The second kappa shape index (κ2) is 9.69. The van der Waals surface area contributed by atoms with Crippen LogP contribution >= 0.6 is 0 Å². The highest BCUT2D eigenvalue weighted by Crippen LogP contribution is 2.21. The third kappa shape index (κ3) is 6.40. The first-order valence-electron chi connectivity index (χ1n) is 7.52. The topological polar surface area (TPSA) is 51.5 Å². The zero-order chi connectivity index (χ0) is 15.6. The molecule has 1 rings (SSSR count). The van der Waals surface area contributed by atoms with Crippen LogP contribution in [-0.2, 0) is 19.7 Å². The summed E-state index contributed by atoms with van der Waals surface area (Å²) in [5.74, 6) is 0. The van der Waals surface area contributed by atoms with Gasteiger partial charge in [-0.1, -0.05) is 30.3 Å². The summed E-state index contributed by atoms with van der Waals surface area (Å²) in [7, 11) is -2.73. The largest absolute Gasteiger partial charge is 0.501 e. The van der Waals surface area contributed by atoms with Crippen LogP contribution in [0.4, 0.5) is 0 Å². The molecule has 0 aliphatic carbocycles. The molecule has 0 aliphatic heterocycles. The minimum Gasteiger partial charge on any atom is -0.374 e. The molecule has 0 aliphatic rings. The highest BCUT2D eigenvalue weighted by molar-refractivity contribution is 6.60. The van der Waals surface area contributed by atoms with Gasteiger partial charge in [-0.15, -0.1) is 0 Å². The van der Waals surface area contributed by atoms with E-state index in [-0.39, 0.29) is 6.10 Å². The molecule has 4 nitrogen and oxygen atoms in total. The van der Waals surface area contributed by atoms with Crippen LogP contribution in [0.1, 0.15) is 32.8 Å². The number of hydrogen-bond donors (Lipinski definition) is 0. The molecule has 0 saturated carbocycles. The Labute approximate surface area is 129 Å². The molecule has 1 aromatic carbocycles. The number of aryl methyl sites for hydroxylation is 1. The maximum atomic E-state index is 8.81. The van der Waals surface area contributed by atoms with E-state index in [0.717, 1.165) is 12.5 Å². The van der Waals surface area contributed by atoms with E-state index < -0.39 is 8.80 Å². The van der Waals surface area contributed by atoms with Gasteiger partial charge in [0.05, 0.1) is 18.6 Å². The van der Waals surface area contributed by atoms with Crippen molar-refractivity contribution in [3.05, 3.63) is 35.9 Å². The van der Waals surface area contributed by atoms with Crippen molar-refractivity contribution in [2.45, 2.75) is 45.8 Å². The fraction of sp³-hybridized carbons (Fsp3) is 0.562. The summed E-state index contributed by atoms with van der Waals surface area (Å²) in [4.78, 5) is 0. The summed E-state index contributed by atoms with van der Waals surface area (Å²) in [5, 5.41) is 8.81. The molecular weight excluding hydrogens is 282 g/mol. The monoisotopic (exact) mass is 307 g/mol. The van der Waals surface area contributed by atoms with Gasteiger partial charge in [-0.05, 0) is 32.8 Å². The molecule has 116 valence electrons. The fourth-order valence-electron chi connectivity index (χ4n) is 2.17. The number of rotatable bonds is 10. The van der Waals surface area contributed by atoms with Crippen molar-refractivity contribution >= 4 is 8.80 Å². The molecule has 21 heavy (non-hydrogen) atoms. The van der Waals surface area contributed by atoms with Crippen LogP contribution in [0.15, 0.2) is 30.3 Å². The second-order valence-electron chi connectivity index (χ2n) is 4.83. The van der Waals surface area contributed by atoms with E-state index >= 15 is 0 Å². The van der Waals surface area contributed by atoms with Gasteiger partial charge in [-0.2, -0.15) is 5.26 Å². The Bertz CT molecular complexity index is 427. The lowest BCUT2D eigenvalue weighted by molar-refractivity contribution is 0.0399. The number of nitrogens with zero attached hydrogens (tertiary/aromatic N) is 1. The van der Waals surface area contributed by atoms with Crippen LogP contribution in [-0.4, -0.2) is 28.1 Å². The van der Waals surface area contributed by atoms with Gasteiger partial charge in [0, 0.05) is 19.3 Å². The van der Waals surface area contributed by atoms with E-state index in [1.54, 1.807) is 0 Å². The Balaban J connectivity index is 2.76. The molecule has 0 aromatic heterocycles. The molecule has 1 atom stereocenters. The maximum Gasteiger partial charge on any atom is 0.501 e. The Morgan fingerprint density at radius 3 is 2.29 bits per heavy atom. The average Bonchev–Trinajstić information content (AvgIpc) is 2.47. The van der Waals surface area contributed by atoms with E-state index in [9.17, 15) is 0 Å². The zero-order valence-corrected chi connectivity index (χ0v) is 14.2. The van der Waals surface area contributed by atoms with Crippen molar-refractivity contribution < 1.29 is 13.3 Å². The van der Waals surface area contributed by atoms with E-state index in [4.69, 9.17) is 18.5 Å². The van der Waals surface area contributed by atoms with E-state index in [1.165, 1.54) is 5.56 Å². The molecule has 0 fully saturated rings. The van der Waals surface area contributed by atoms with Crippen molar-refractivity contribution in [2.24, 2.45) is 0 Å². The molecule has 1 aromatic rings. The minimum atomic E-state index is -2.73. The Hall–Kier alpha value is -1.19. The molecule has 0 amide bonds. The van der Waals surface area contributed by atoms with Crippen LogP contribution in [0, 0.1) is 11.3 Å². The summed E-state index contributed by atoms with van der Waals surface area (Å²) in [6.45, 7) is 6.90. The van der Waals surface area contributed by atoms with Gasteiger partial charge >= 0.3 is 8.80 Å². The quantitative estimate of drug-likeness (QED) is 0.620. The van der Waals surface area contributed by atoms with Crippen LogP contribution in [0.3, 0.4) is 0 Å². The molecule has 0 radical (unpaired) electrons. The van der Waals surface area contributed by atoms with E-state index in [2.05, 4.69) is 18.2 Å². The summed E-state index contributed by atoms with van der Waals surface area (Å²) >= 11 is 0. The lowest BCUT2D eigenvalue weighted by atomic mass is 10.2. The number of nitriles is 1. The zero-order valence-electron chi connectivity index (χ0n) is 13.2. The lowest BCUT2D eigenvalue weighted by Gasteiger charge is -2.31. The summed E-state index contributed by atoms with van der Waals surface area (Å²) in [6.07, 6.45) is 1.03. The fourth-order valence-corrected chi connectivity index (χ4v) is 4.97. The minimum absolute atomic E-state index is 0.171. The van der Waals surface area contributed by atoms with Gasteiger partial charge in [0.25, 0.3) is 0 Å². The first kappa shape index (κ1) is 17.9. The molecule has 0 saturated heterocycles. The molecule has 0 N–H and O–H groups in total. The first-order chi connectivity index (χ1) is 10.2. The molecule has 1 unspecified atom stereocenters. The third-order valence-electron chi connectivity index (χ3n) is 3.05. The van der Waals surface area contributed by atoms with Gasteiger partial charge in [0.1, 0.15) is 0 Å². The molecule has 0 spiro atoms. The predicted molar refractivity (Wildman–Crippen MR) is 84.7 cm³/mol. The van der Waals surface area contributed by atoms with Gasteiger partial charge in [-0.3, -0.25) is 0 Å².